The normalized spacial score (nSPS) is 20.6. The van der Waals surface area contributed by atoms with Gasteiger partial charge in [0.25, 0.3) is 0 Å². The molecule has 1 unspecified atom stereocenters. The number of carbonyl (C=O) groups excluding carboxylic acids is 2. The molecule has 0 bridgehead atoms. The zero-order chi connectivity index (χ0) is 13.1. The lowest BCUT2D eigenvalue weighted by atomic mass is 10.2. The first-order valence-corrected chi connectivity index (χ1v) is 6.05. The van der Waals surface area contributed by atoms with E-state index in [2.05, 4.69) is 10.3 Å². The van der Waals surface area contributed by atoms with Crippen LogP contribution in [0.15, 0.2) is 18.2 Å². The van der Waals surface area contributed by atoms with Crippen molar-refractivity contribution in [3.8, 4) is 0 Å². The number of amides is 2. The van der Waals surface area contributed by atoms with Gasteiger partial charge >= 0.3 is 0 Å². The van der Waals surface area contributed by atoms with Crippen molar-refractivity contribution in [2.24, 2.45) is 0 Å². The van der Waals surface area contributed by atoms with Crippen molar-refractivity contribution in [3.05, 3.63) is 29.6 Å². The fourth-order valence-electron chi connectivity index (χ4n) is 2.08. The van der Waals surface area contributed by atoms with Crippen LogP contribution in [-0.2, 0) is 16.1 Å². The third-order valence-corrected chi connectivity index (χ3v) is 3.05. The highest BCUT2D eigenvalue weighted by atomic mass is 16.2. The SMILES string of the molecule is Cc1cccc(CN2C(=O)CNC(=O)CC2C)n1. The Kier molecular flexibility index (Phi) is 3.60. The minimum Gasteiger partial charge on any atom is -0.347 e. The van der Waals surface area contributed by atoms with E-state index in [0.29, 0.717) is 13.0 Å². The summed E-state index contributed by atoms with van der Waals surface area (Å²) < 4.78 is 0. The summed E-state index contributed by atoms with van der Waals surface area (Å²) in [5.41, 5.74) is 1.78. The maximum Gasteiger partial charge on any atom is 0.242 e. The molecule has 1 aliphatic heterocycles. The Morgan fingerprint density at radius 3 is 2.94 bits per heavy atom. The molecule has 0 saturated carbocycles. The number of aromatic nitrogens is 1. The predicted octanol–water partition coefficient (Wildman–Crippen LogP) is 0.627. The molecule has 1 saturated heterocycles. The van der Waals surface area contributed by atoms with Gasteiger partial charge < -0.3 is 10.2 Å². The number of rotatable bonds is 2. The first-order chi connectivity index (χ1) is 8.56. The quantitative estimate of drug-likeness (QED) is 0.833. The van der Waals surface area contributed by atoms with Gasteiger partial charge in [-0.1, -0.05) is 6.07 Å². The zero-order valence-corrected chi connectivity index (χ0v) is 10.6. The summed E-state index contributed by atoms with van der Waals surface area (Å²) in [6, 6.07) is 5.64. The van der Waals surface area contributed by atoms with Crippen molar-refractivity contribution < 1.29 is 9.59 Å². The van der Waals surface area contributed by atoms with Crippen molar-refractivity contribution in [2.45, 2.75) is 32.9 Å². The van der Waals surface area contributed by atoms with Crippen molar-refractivity contribution in [2.75, 3.05) is 6.54 Å². The minimum absolute atomic E-state index is 0.0587. The lowest BCUT2D eigenvalue weighted by Gasteiger charge is -2.26. The molecule has 5 nitrogen and oxygen atoms in total. The molecular formula is C13H17N3O2. The van der Waals surface area contributed by atoms with Crippen LogP contribution in [0.2, 0.25) is 0 Å². The molecule has 5 heteroatoms. The van der Waals surface area contributed by atoms with Crippen LogP contribution in [0.4, 0.5) is 0 Å². The second kappa shape index (κ2) is 5.16. The van der Waals surface area contributed by atoms with Crippen LogP contribution in [0.5, 0.6) is 0 Å². The summed E-state index contributed by atoms with van der Waals surface area (Å²) in [6.07, 6.45) is 0.345. The second-order valence-electron chi connectivity index (χ2n) is 4.62. The fraction of sp³-hybridized carbons (Fsp3) is 0.462. The van der Waals surface area contributed by atoms with E-state index >= 15 is 0 Å². The molecule has 1 aromatic rings. The molecule has 0 aromatic carbocycles. The number of hydrogen-bond acceptors (Lipinski definition) is 3. The van der Waals surface area contributed by atoms with Gasteiger partial charge in [-0.05, 0) is 26.0 Å². The third-order valence-electron chi connectivity index (χ3n) is 3.05. The molecule has 1 aliphatic rings. The number of carbonyl (C=O) groups is 2. The fourth-order valence-corrected chi connectivity index (χ4v) is 2.08. The van der Waals surface area contributed by atoms with Crippen LogP contribution in [0.1, 0.15) is 24.7 Å². The first-order valence-electron chi connectivity index (χ1n) is 6.05. The van der Waals surface area contributed by atoms with Gasteiger partial charge in [0.05, 0.1) is 18.8 Å². The Hall–Kier alpha value is -1.91. The van der Waals surface area contributed by atoms with E-state index in [1.807, 2.05) is 32.0 Å². The van der Waals surface area contributed by atoms with Gasteiger partial charge in [0.1, 0.15) is 0 Å². The summed E-state index contributed by atoms with van der Waals surface area (Å²) in [7, 11) is 0. The average Bonchev–Trinajstić information content (AvgIpc) is 2.43. The van der Waals surface area contributed by atoms with Crippen LogP contribution >= 0.6 is 0 Å². The predicted molar refractivity (Wildman–Crippen MR) is 66.6 cm³/mol. The van der Waals surface area contributed by atoms with Crippen LogP contribution in [-0.4, -0.2) is 34.3 Å². The number of hydrogen-bond donors (Lipinski definition) is 1. The van der Waals surface area contributed by atoms with Crippen molar-refractivity contribution in [3.63, 3.8) is 0 Å². The molecule has 0 spiro atoms. The number of aryl methyl sites for hydroxylation is 1. The lowest BCUT2D eigenvalue weighted by molar-refractivity contribution is -0.132. The monoisotopic (exact) mass is 247 g/mol. The molecule has 0 radical (unpaired) electrons. The van der Waals surface area contributed by atoms with E-state index in [9.17, 15) is 9.59 Å². The smallest absolute Gasteiger partial charge is 0.242 e. The van der Waals surface area contributed by atoms with Gasteiger partial charge in [-0.2, -0.15) is 0 Å². The van der Waals surface area contributed by atoms with Crippen molar-refractivity contribution in [1.82, 2.24) is 15.2 Å². The lowest BCUT2D eigenvalue weighted by Crippen LogP contribution is -2.39. The number of nitrogens with one attached hydrogen (secondary N) is 1. The van der Waals surface area contributed by atoms with Crippen LogP contribution < -0.4 is 5.32 Å². The molecule has 0 aliphatic carbocycles. The molecule has 1 N–H and O–H groups in total. The van der Waals surface area contributed by atoms with Crippen LogP contribution in [0, 0.1) is 6.92 Å². The molecule has 1 aromatic heterocycles. The second-order valence-corrected chi connectivity index (χ2v) is 4.62. The topological polar surface area (TPSA) is 62.3 Å². The maximum atomic E-state index is 11.9. The number of nitrogens with zero attached hydrogens (tertiary/aromatic N) is 2. The largest absolute Gasteiger partial charge is 0.347 e. The van der Waals surface area contributed by atoms with Gasteiger partial charge in [0.2, 0.25) is 11.8 Å². The molecule has 2 rings (SSSR count). The van der Waals surface area contributed by atoms with Gasteiger partial charge in [-0.25, -0.2) is 0 Å². The molecule has 18 heavy (non-hydrogen) atoms. The zero-order valence-electron chi connectivity index (χ0n) is 10.6. The van der Waals surface area contributed by atoms with Gasteiger partial charge in [-0.15, -0.1) is 0 Å². The summed E-state index contributed by atoms with van der Waals surface area (Å²) in [6.45, 7) is 4.34. The van der Waals surface area contributed by atoms with E-state index in [0.717, 1.165) is 11.4 Å². The summed E-state index contributed by atoms with van der Waals surface area (Å²) in [4.78, 5) is 29.4. The van der Waals surface area contributed by atoms with Crippen molar-refractivity contribution in [1.29, 1.82) is 0 Å². The summed E-state index contributed by atoms with van der Waals surface area (Å²) in [5.74, 6) is -0.132. The van der Waals surface area contributed by atoms with Crippen molar-refractivity contribution >= 4 is 11.8 Å². The van der Waals surface area contributed by atoms with E-state index < -0.39 is 0 Å². The Balaban J connectivity index is 2.15. The van der Waals surface area contributed by atoms with Gasteiger partial charge in [-0.3, -0.25) is 14.6 Å². The van der Waals surface area contributed by atoms with E-state index in [4.69, 9.17) is 0 Å². The Morgan fingerprint density at radius 2 is 2.22 bits per heavy atom. The Labute approximate surface area is 106 Å². The van der Waals surface area contributed by atoms with Crippen LogP contribution in [0.25, 0.3) is 0 Å². The Bertz CT molecular complexity index is 473. The number of pyridine rings is 1. The highest BCUT2D eigenvalue weighted by Crippen LogP contribution is 2.12. The third kappa shape index (κ3) is 2.85. The molecule has 1 fully saturated rings. The maximum absolute atomic E-state index is 11.9. The van der Waals surface area contributed by atoms with E-state index in [1.165, 1.54) is 0 Å². The molecule has 1 atom stereocenters. The molecular weight excluding hydrogens is 230 g/mol. The Morgan fingerprint density at radius 1 is 1.44 bits per heavy atom. The molecule has 96 valence electrons. The highest BCUT2D eigenvalue weighted by Gasteiger charge is 2.26. The van der Waals surface area contributed by atoms with Gasteiger partial charge in [0, 0.05) is 18.2 Å². The molecule has 2 heterocycles. The molecule has 2 amide bonds. The highest BCUT2D eigenvalue weighted by molar-refractivity contribution is 5.87. The summed E-state index contributed by atoms with van der Waals surface area (Å²) in [5, 5.41) is 2.60. The van der Waals surface area contributed by atoms with Crippen LogP contribution in [0.3, 0.4) is 0 Å². The standard InChI is InChI=1S/C13H17N3O2/c1-9-4-3-5-11(15-9)8-16-10(2)6-12(17)14-7-13(16)18/h3-5,10H,6-8H2,1-2H3,(H,14,17). The summed E-state index contributed by atoms with van der Waals surface area (Å²) >= 11 is 0. The first kappa shape index (κ1) is 12.5. The van der Waals surface area contributed by atoms with Gasteiger partial charge in [0.15, 0.2) is 0 Å². The average molecular weight is 247 g/mol. The van der Waals surface area contributed by atoms with E-state index in [-0.39, 0.29) is 24.4 Å². The van der Waals surface area contributed by atoms with E-state index in [1.54, 1.807) is 4.90 Å². The minimum atomic E-state index is -0.0951.